The van der Waals surface area contributed by atoms with Crippen molar-refractivity contribution in [3.05, 3.63) is 10.1 Å². The highest BCUT2D eigenvalue weighted by Crippen LogP contribution is 2.75. The lowest BCUT2D eigenvalue weighted by molar-refractivity contribution is -0.220. The van der Waals surface area contributed by atoms with Crippen LogP contribution in [0.3, 0.4) is 0 Å². The molecule has 0 unspecified atom stereocenters. The number of hydrogen-bond donors (Lipinski definition) is 0. The molecule has 2 saturated carbocycles. The summed E-state index contributed by atoms with van der Waals surface area (Å²) in [6.07, 6.45) is 5.37. The second-order valence-electron chi connectivity index (χ2n) is 5.93. The maximum atomic E-state index is 6.99. The van der Waals surface area contributed by atoms with Gasteiger partial charge in [-0.25, -0.2) is 0 Å². The highest BCUT2D eigenvalue weighted by Gasteiger charge is 2.83. The molecular formula is C14H18Cl4O2. The van der Waals surface area contributed by atoms with Gasteiger partial charge in [-0.05, 0) is 24.7 Å². The number of ether oxygens (including phenoxy) is 2. The zero-order valence-electron chi connectivity index (χ0n) is 11.5. The first-order valence-electron chi connectivity index (χ1n) is 6.96. The Hall–Kier alpha value is 0.820. The third-order valence-electron chi connectivity index (χ3n) is 5.40. The fourth-order valence-electron chi connectivity index (χ4n) is 4.62. The molecule has 114 valence electrons. The minimum atomic E-state index is -1.20. The smallest absolute Gasteiger partial charge is 0.217 e. The fourth-order valence-corrected chi connectivity index (χ4v) is 6.91. The molecule has 0 aromatic heterocycles. The van der Waals surface area contributed by atoms with E-state index in [2.05, 4.69) is 0 Å². The molecule has 3 rings (SSSR count). The Morgan fingerprint density at radius 3 is 1.60 bits per heavy atom. The molecule has 0 aliphatic heterocycles. The lowest BCUT2D eigenvalue weighted by Crippen LogP contribution is -2.57. The SMILES string of the molecule is COC1(OC)[C@@]2(Cl)C(Cl)=C(Cl)[C@@]1(Cl)[C@H]1CCCCC[C@H]12. The number of halogens is 4. The molecule has 3 aliphatic carbocycles. The first kappa shape index (κ1) is 15.7. The van der Waals surface area contributed by atoms with Gasteiger partial charge >= 0.3 is 0 Å². The first-order valence-corrected chi connectivity index (χ1v) is 8.47. The zero-order valence-corrected chi connectivity index (χ0v) is 14.5. The molecule has 0 amide bonds. The molecule has 0 aromatic rings. The van der Waals surface area contributed by atoms with Gasteiger partial charge in [-0.3, -0.25) is 0 Å². The third kappa shape index (κ3) is 1.42. The van der Waals surface area contributed by atoms with Gasteiger partial charge in [-0.2, -0.15) is 0 Å². The van der Waals surface area contributed by atoms with Crippen LogP contribution in [-0.2, 0) is 9.47 Å². The predicted molar refractivity (Wildman–Crippen MR) is 82.7 cm³/mol. The van der Waals surface area contributed by atoms with Gasteiger partial charge in [0.1, 0.15) is 9.75 Å². The van der Waals surface area contributed by atoms with Crippen LogP contribution in [0.25, 0.3) is 0 Å². The van der Waals surface area contributed by atoms with Crippen molar-refractivity contribution in [2.45, 2.75) is 47.6 Å². The number of fused-ring (bicyclic) bond motifs is 5. The van der Waals surface area contributed by atoms with Crippen molar-refractivity contribution in [1.29, 1.82) is 0 Å². The lowest BCUT2D eigenvalue weighted by atomic mass is 9.79. The summed E-state index contributed by atoms with van der Waals surface area (Å²) < 4.78 is 11.4. The van der Waals surface area contributed by atoms with E-state index in [4.69, 9.17) is 55.9 Å². The van der Waals surface area contributed by atoms with Crippen molar-refractivity contribution in [2.75, 3.05) is 14.2 Å². The summed E-state index contributed by atoms with van der Waals surface area (Å²) in [6, 6.07) is 0. The molecule has 6 heteroatoms. The molecule has 0 radical (unpaired) electrons. The highest BCUT2D eigenvalue weighted by molar-refractivity contribution is 6.52. The van der Waals surface area contributed by atoms with E-state index in [0.29, 0.717) is 10.1 Å². The van der Waals surface area contributed by atoms with Crippen molar-refractivity contribution >= 4 is 46.4 Å². The average Bonchev–Trinajstić information content (AvgIpc) is 2.68. The van der Waals surface area contributed by atoms with Gasteiger partial charge < -0.3 is 9.47 Å². The number of hydrogen-bond acceptors (Lipinski definition) is 2. The van der Waals surface area contributed by atoms with Crippen LogP contribution in [0.15, 0.2) is 10.1 Å². The van der Waals surface area contributed by atoms with Crippen LogP contribution in [0.5, 0.6) is 0 Å². The van der Waals surface area contributed by atoms with Gasteiger partial charge in [-0.15, -0.1) is 23.2 Å². The van der Waals surface area contributed by atoms with E-state index in [-0.39, 0.29) is 11.8 Å². The maximum Gasteiger partial charge on any atom is 0.217 e. The highest BCUT2D eigenvalue weighted by atomic mass is 35.5. The van der Waals surface area contributed by atoms with E-state index < -0.39 is 15.5 Å². The number of rotatable bonds is 2. The fraction of sp³-hybridized carbons (Fsp3) is 0.857. The topological polar surface area (TPSA) is 18.5 Å². The van der Waals surface area contributed by atoms with Gasteiger partial charge in [-0.1, -0.05) is 42.5 Å². The third-order valence-corrected chi connectivity index (χ3v) is 8.10. The lowest BCUT2D eigenvalue weighted by Gasteiger charge is -2.41. The van der Waals surface area contributed by atoms with E-state index >= 15 is 0 Å². The standard InChI is InChI=1S/C14H18Cl4O2/c1-19-14(20-2)12(17)8-6-4-3-5-7-9(8)13(14,18)11(16)10(12)15/h8-9H,3-7H2,1-2H3/t8-,9+,12-,13-/m0/s1. The summed E-state index contributed by atoms with van der Waals surface area (Å²) in [5.41, 5.74) is 0. The number of methoxy groups -OCH3 is 2. The second kappa shape index (κ2) is 4.91. The Labute approximate surface area is 139 Å². The van der Waals surface area contributed by atoms with E-state index in [0.717, 1.165) is 25.7 Å². The Kier molecular flexibility index (Phi) is 3.85. The second-order valence-corrected chi connectivity index (χ2v) is 7.88. The van der Waals surface area contributed by atoms with E-state index in [9.17, 15) is 0 Å². The molecule has 0 saturated heterocycles. The monoisotopic (exact) mass is 358 g/mol. The molecule has 4 atom stereocenters. The molecule has 3 aliphatic rings. The van der Waals surface area contributed by atoms with Gasteiger partial charge in [0.05, 0.1) is 10.1 Å². The number of alkyl halides is 2. The Morgan fingerprint density at radius 1 is 0.850 bits per heavy atom. The molecule has 2 nitrogen and oxygen atoms in total. The summed E-state index contributed by atoms with van der Waals surface area (Å²) >= 11 is 26.9. The molecule has 0 heterocycles. The Bertz CT molecular complexity index is 426. The van der Waals surface area contributed by atoms with E-state index in [1.165, 1.54) is 6.42 Å². The zero-order chi connectivity index (χ0) is 14.8. The summed E-state index contributed by atoms with van der Waals surface area (Å²) in [5.74, 6) is -0.956. The van der Waals surface area contributed by atoms with Gasteiger partial charge in [0.2, 0.25) is 5.79 Å². The minimum Gasteiger partial charge on any atom is -0.350 e. The molecule has 0 N–H and O–H groups in total. The molecular weight excluding hydrogens is 342 g/mol. The quantitative estimate of drug-likeness (QED) is 0.518. The van der Waals surface area contributed by atoms with E-state index in [1.54, 1.807) is 14.2 Å². The molecule has 2 fully saturated rings. The van der Waals surface area contributed by atoms with Crippen LogP contribution in [-0.4, -0.2) is 29.8 Å². The van der Waals surface area contributed by atoms with Crippen LogP contribution in [0, 0.1) is 11.8 Å². The van der Waals surface area contributed by atoms with Crippen molar-refractivity contribution in [1.82, 2.24) is 0 Å². The van der Waals surface area contributed by atoms with Gasteiger partial charge in [0.15, 0.2) is 0 Å². The average molecular weight is 360 g/mol. The van der Waals surface area contributed by atoms with Crippen molar-refractivity contribution < 1.29 is 9.47 Å². The summed E-state index contributed by atoms with van der Waals surface area (Å²) in [5, 5.41) is 0.783. The van der Waals surface area contributed by atoms with Gasteiger partial charge in [0, 0.05) is 14.2 Å². The Morgan fingerprint density at radius 2 is 1.25 bits per heavy atom. The van der Waals surface area contributed by atoms with Crippen LogP contribution < -0.4 is 0 Å². The first-order chi connectivity index (χ1) is 9.41. The maximum absolute atomic E-state index is 6.99. The van der Waals surface area contributed by atoms with Crippen LogP contribution in [0.2, 0.25) is 0 Å². The summed E-state index contributed by atoms with van der Waals surface area (Å²) in [6.45, 7) is 0. The van der Waals surface area contributed by atoms with Crippen LogP contribution in [0.1, 0.15) is 32.1 Å². The predicted octanol–water partition coefficient (Wildman–Crippen LogP) is 4.84. The van der Waals surface area contributed by atoms with Crippen molar-refractivity contribution in [3.8, 4) is 0 Å². The molecule has 2 bridgehead atoms. The van der Waals surface area contributed by atoms with Crippen LogP contribution in [0.4, 0.5) is 0 Å². The van der Waals surface area contributed by atoms with E-state index in [1.807, 2.05) is 0 Å². The van der Waals surface area contributed by atoms with Crippen molar-refractivity contribution in [3.63, 3.8) is 0 Å². The van der Waals surface area contributed by atoms with Crippen molar-refractivity contribution in [2.24, 2.45) is 11.8 Å². The van der Waals surface area contributed by atoms with Gasteiger partial charge in [0.25, 0.3) is 0 Å². The molecule has 0 aromatic carbocycles. The summed E-state index contributed by atoms with van der Waals surface area (Å²) in [4.78, 5) is -1.99. The van der Waals surface area contributed by atoms with Crippen LogP contribution >= 0.6 is 46.4 Å². The summed E-state index contributed by atoms with van der Waals surface area (Å²) in [7, 11) is 3.12. The largest absolute Gasteiger partial charge is 0.350 e. The normalized spacial score (nSPS) is 46.5. The molecule has 0 spiro atoms. The Balaban J connectivity index is 2.24. The molecule has 20 heavy (non-hydrogen) atoms. The minimum absolute atomic E-state index is 0.124.